The number of rotatable bonds is 1. The average molecular weight is 247 g/mol. The zero-order chi connectivity index (χ0) is 12.7. The van der Waals surface area contributed by atoms with Gasteiger partial charge in [0.15, 0.2) is 0 Å². The van der Waals surface area contributed by atoms with Gasteiger partial charge in [0.05, 0.1) is 18.8 Å². The summed E-state index contributed by atoms with van der Waals surface area (Å²) >= 11 is 0. The molecule has 1 amide bonds. The van der Waals surface area contributed by atoms with E-state index < -0.39 is 0 Å². The van der Waals surface area contributed by atoms with Gasteiger partial charge in [-0.2, -0.15) is 0 Å². The van der Waals surface area contributed by atoms with Crippen LogP contribution in [0.25, 0.3) is 0 Å². The normalized spacial score (nSPS) is 19.3. The Morgan fingerprint density at radius 2 is 2.00 bits per heavy atom. The molecular formula is C13H17N3O2. The van der Waals surface area contributed by atoms with Crippen LogP contribution in [0.2, 0.25) is 0 Å². The number of nitrogens with zero attached hydrogens (tertiary/aromatic N) is 2. The number of carbonyl (C=O) groups excluding carboxylic acids is 1. The van der Waals surface area contributed by atoms with Crippen molar-refractivity contribution in [2.75, 3.05) is 44.0 Å². The molecule has 5 heteroatoms. The van der Waals surface area contributed by atoms with Gasteiger partial charge < -0.3 is 20.3 Å². The lowest BCUT2D eigenvalue weighted by molar-refractivity contribution is 0.0817. The van der Waals surface area contributed by atoms with Crippen molar-refractivity contribution in [3.05, 3.63) is 23.3 Å². The average Bonchev–Trinajstić information content (AvgIpc) is 2.68. The van der Waals surface area contributed by atoms with Gasteiger partial charge >= 0.3 is 0 Å². The molecule has 2 aliphatic rings. The fourth-order valence-electron chi connectivity index (χ4n) is 2.67. The molecule has 0 bridgehead atoms. The van der Waals surface area contributed by atoms with E-state index in [2.05, 4.69) is 4.90 Å². The molecule has 0 saturated carbocycles. The van der Waals surface area contributed by atoms with Crippen LogP contribution in [0.5, 0.6) is 0 Å². The van der Waals surface area contributed by atoms with Crippen LogP contribution in [-0.2, 0) is 11.3 Å². The largest absolute Gasteiger partial charge is 0.398 e. The monoisotopic (exact) mass is 247 g/mol. The Balaban J connectivity index is 2.05. The summed E-state index contributed by atoms with van der Waals surface area (Å²) in [5.74, 6) is 0.0256. The Hall–Kier alpha value is -1.75. The van der Waals surface area contributed by atoms with Crippen molar-refractivity contribution >= 4 is 17.3 Å². The van der Waals surface area contributed by atoms with Crippen molar-refractivity contribution < 1.29 is 9.53 Å². The molecule has 2 heterocycles. The Kier molecular flexibility index (Phi) is 2.63. The molecule has 2 N–H and O–H groups in total. The van der Waals surface area contributed by atoms with Crippen LogP contribution in [-0.4, -0.2) is 44.2 Å². The van der Waals surface area contributed by atoms with E-state index >= 15 is 0 Å². The third kappa shape index (κ3) is 1.62. The van der Waals surface area contributed by atoms with Crippen molar-refractivity contribution in [2.45, 2.75) is 6.54 Å². The van der Waals surface area contributed by atoms with Crippen molar-refractivity contribution in [1.29, 1.82) is 0 Å². The molecule has 1 saturated heterocycles. The molecule has 1 aromatic carbocycles. The third-order valence-corrected chi connectivity index (χ3v) is 3.63. The van der Waals surface area contributed by atoms with Gasteiger partial charge in [-0.3, -0.25) is 4.79 Å². The maximum atomic E-state index is 12.1. The standard InChI is InChI=1S/C13H17N3O2/c1-15-8-9-11(16-4-6-18-7-5-16)3-2-10(14)12(9)13(15)17/h2-3H,4-8,14H2,1H3. The number of benzene rings is 1. The van der Waals surface area contributed by atoms with Gasteiger partial charge in [0, 0.05) is 43.6 Å². The summed E-state index contributed by atoms with van der Waals surface area (Å²) in [4.78, 5) is 16.0. The second-order valence-corrected chi connectivity index (χ2v) is 4.79. The molecule has 2 aliphatic heterocycles. The minimum absolute atomic E-state index is 0.0256. The van der Waals surface area contributed by atoms with E-state index in [9.17, 15) is 4.79 Å². The molecule has 18 heavy (non-hydrogen) atoms. The van der Waals surface area contributed by atoms with Gasteiger partial charge in [-0.05, 0) is 12.1 Å². The van der Waals surface area contributed by atoms with Crippen LogP contribution in [0.4, 0.5) is 11.4 Å². The first-order valence-corrected chi connectivity index (χ1v) is 6.18. The number of nitrogen functional groups attached to an aromatic ring is 1. The minimum Gasteiger partial charge on any atom is -0.398 e. The number of morpholine rings is 1. The van der Waals surface area contributed by atoms with Crippen LogP contribution in [0.15, 0.2) is 12.1 Å². The van der Waals surface area contributed by atoms with E-state index in [-0.39, 0.29) is 5.91 Å². The van der Waals surface area contributed by atoms with E-state index in [0.717, 1.165) is 37.6 Å². The summed E-state index contributed by atoms with van der Waals surface area (Å²) in [6, 6.07) is 3.85. The highest BCUT2D eigenvalue weighted by Crippen LogP contribution is 2.34. The summed E-state index contributed by atoms with van der Waals surface area (Å²) in [7, 11) is 1.81. The van der Waals surface area contributed by atoms with E-state index in [1.807, 2.05) is 19.2 Å². The maximum Gasteiger partial charge on any atom is 0.256 e. The fraction of sp³-hybridized carbons (Fsp3) is 0.462. The first-order chi connectivity index (χ1) is 8.68. The molecule has 1 aromatic rings. The predicted molar refractivity (Wildman–Crippen MR) is 69.7 cm³/mol. The number of ether oxygens (including phenoxy) is 1. The van der Waals surface area contributed by atoms with E-state index in [1.54, 1.807) is 4.90 Å². The molecule has 0 unspecified atom stereocenters. The lowest BCUT2D eigenvalue weighted by atomic mass is 10.0. The molecule has 0 aliphatic carbocycles. The predicted octanol–water partition coefficient (Wildman–Crippen LogP) is 0.691. The van der Waals surface area contributed by atoms with Crippen LogP contribution < -0.4 is 10.6 Å². The second-order valence-electron chi connectivity index (χ2n) is 4.79. The van der Waals surface area contributed by atoms with Crippen LogP contribution >= 0.6 is 0 Å². The Morgan fingerprint density at radius 3 is 2.72 bits per heavy atom. The molecular weight excluding hydrogens is 230 g/mol. The number of hydrogen-bond donors (Lipinski definition) is 1. The Morgan fingerprint density at radius 1 is 1.28 bits per heavy atom. The van der Waals surface area contributed by atoms with Crippen LogP contribution in [0.3, 0.4) is 0 Å². The first-order valence-electron chi connectivity index (χ1n) is 6.18. The summed E-state index contributed by atoms with van der Waals surface area (Å²) in [5.41, 5.74) is 9.38. The SMILES string of the molecule is CN1Cc2c(N3CCOCC3)ccc(N)c2C1=O. The van der Waals surface area contributed by atoms with Crippen molar-refractivity contribution in [3.8, 4) is 0 Å². The molecule has 96 valence electrons. The van der Waals surface area contributed by atoms with Gasteiger partial charge in [0.1, 0.15) is 0 Å². The fourth-order valence-corrected chi connectivity index (χ4v) is 2.67. The highest BCUT2D eigenvalue weighted by atomic mass is 16.5. The lowest BCUT2D eigenvalue weighted by Crippen LogP contribution is -2.36. The zero-order valence-electron chi connectivity index (χ0n) is 10.5. The van der Waals surface area contributed by atoms with Crippen LogP contribution in [0, 0.1) is 0 Å². The quantitative estimate of drug-likeness (QED) is 0.742. The van der Waals surface area contributed by atoms with E-state index in [0.29, 0.717) is 17.8 Å². The number of carbonyl (C=O) groups is 1. The van der Waals surface area contributed by atoms with E-state index in [4.69, 9.17) is 10.5 Å². The molecule has 0 spiro atoms. The molecule has 0 radical (unpaired) electrons. The zero-order valence-corrected chi connectivity index (χ0v) is 10.5. The second kappa shape index (κ2) is 4.17. The Labute approximate surface area is 106 Å². The minimum atomic E-state index is 0.0256. The van der Waals surface area contributed by atoms with Crippen molar-refractivity contribution in [1.82, 2.24) is 4.90 Å². The number of fused-ring (bicyclic) bond motifs is 1. The Bertz CT molecular complexity index is 495. The lowest BCUT2D eigenvalue weighted by Gasteiger charge is -2.30. The molecule has 0 aromatic heterocycles. The number of hydrogen-bond acceptors (Lipinski definition) is 4. The van der Waals surface area contributed by atoms with E-state index in [1.165, 1.54) is 0 Å². The number of amides is 1. The molecule has 0 atom stereocenters. The topological polar surface area (TPSA) is 58.8 Å². The van der Waals surface area contributed by atoms with Gasteiger partial charge in [0.2, 0.25) is 0 Å². The highest BCUT2D eigenvalue weighted by Gasteiger charge is 2.30. The highest BCUT2D eigenvalue weighted by molar-refractivity contribution is 6.04. The molecule has 3 rings (SSSR count). The summed E-state index contributed by atoms with van der Waals surface area (Å²) < 4.78 is 5.36. The number of nitrogens with two attached hydrogens (primary N) is 1. The number of anilines is 2. The van der Waals surface area contributed by atoms with Crippen molar-refractivity contribution in [2.24, 2.45) is 0 Å². The summed E-state index contributed by atoms with van der Waals surface area (Å²) in [6.45, 7) is 3.86. The van der Waals surface area contributed by atoms with Gasteiger partial charge in [-0.25, -0.2) is 0 Å². The summed E-state index contributed by atoms with van der Waals surface area (Å²) in [6.07, 6.45) is 0. The van der Waals surface area contributed by atoms with Gasteiger partial charge in [-0.1, -0.05) is 0 Å². The molecule has 5 nitrogen and oxygen atoms in total. The van der Waals surface area contributed by atoms with Crippen LogP contribution in [0.1, 0.15) is 15.9 Å². The van der Waals surface area contributed by atoms with Crippen molar-refractivity contribution in [3.63, 3.8) is 0 Å². The first kappa shape index (κ1) is 11.3. The smallest absolute Gasteiger partial charge is 0.256 e. The summed E-state index contributed by atoms with van der Waals surface area (Å²) in [5, 5.41) is 0. The molecule has 1 fully saturated rings. The van der Waals surface area contributed by atoms with Gasteiger partial charge in [-0.15, -0.1) is 0 Å². The maximum absolute atomic E-state index is 12.1. The third-order valence-electron chi connectivity index (χ3n) is 3.63. The van der Waals surface area contributed by atoms with Gasteiger partial charge in [0.25, 0.3) is 5.91 Å².